The highest BCUT2D eigenvalue weighted by atomic mass is 35.5. The summed E-state index contributed by atoms with van der Waals surface area (Å²) in [5, 5.41) is -0.107. The SMILES string of the molecule is CC(C)(C)OC(=O)N1CC(S(=O)(=O)c2ccc(Cl)cc2)C1. The molecule has 1 fully saturated rings. The summed E-state index contributed by atoms with van der Waals surface area (Å²) in [5.74, 6) is 0. The number of halogens is 1. The van der Waals surface area contributed by atoms with Crippen LogP contribution in [0.4, 0.5) is 4.79 Å². The zero-order chi connectivity index (χ0) is 15.8. The molecule has 0 radical (unpaired) electrons. The first kappa shape index (κ1) is 16.1. The van der Waals surface area contributed by atoms with Gasteiger partial charge >= 0.3 is 6.09 Å². The van der Waals surface area contributed by atoms with Crippen molar-refractivity contribution >= 4 is 27.5 Å². The number of sulfone groups is 1. The van der Waals surface area contributed by atoms with Gasteiger partial charge in [0.2, 0.25) is 0 Å². The molecular formula is C14H18ClNO4S. The molecule has 1 aromatic carbocycles. The normalized spacial score (nSPS) is 16.5. The molecule has 21 heavy (non-hydrogen) atoms. The number of nitrogens with zero attached hydrogens (tertiary/aromatic N) is 1. The quantitative estimate of drug-likeness (QED) is 0.836. The van der Waals surface area contributed by atoms with E-state index >= 15 is 0 Å². The van der Waals surface area contributed by atoms with Crippen molar-refractivity contribution in [2.24, 2.45) is 0 Å². The van der Waals surface area contributed by atoms with Crippen molar-refractivity contribution in [2.45, 2.75) is 36.5 Å². The number of likely N-dealkylation sites (tertiary alicyclic amines) is 1. The van der Waals surface area contributed by atoms with Crippen LogP contribution < -0.4 is 0 Å². The second kappa shape index (κ2) is 5.50. The number of benzene rings is 1. The fourth-order valence-corrected chi connectivity index (χ4v) is 3.71. The molecule has 0 atom stereocenters. The lowest BCUT2D eigenvalue weighted by molar-refractivity contribution is 0.0139. The Morgan fingerprint density at radius 2 is 1.76 bits per heavy atom. The van der Waals surface area contributed by atoms with Gasteiger partial charge in [-0.2, -0.15) is 0 Å². The average molecular weight is 332 g/mol. The van der Waals surface area contributed by atoms with E-state index in [0.29, 0.717) is 5.02 Å². The highest BCUT2D eigenvalue weighted by Gasteiger charge is 2.42. The fraction of sp³-hybridized carbons (Fsp3) is 0.500. The van der Waals surface area contributed by atoms with Crippen LogP contribution in [0.3, 0.4) is 0 Å². The van der Waals surface area contributed by atoms with Crippen molar-refractivity contribution < 1.29 is 17.9 Å². The van der Waals surface area contributed by atoms with Crippen LogP contribution in [0.5, 0.6) is 0 Å². The largest absolute Gasteiger partial charge is 0.444 e. The molecule has 2 rings (SSSR count). The molecule has 0 unspecified atom stereocenters. The molecule has 5 nitrogen and oxygen atoms in total. The second-order valence-electron chi connectivity index (χ2n) is 6.01. The number of ether oxygens (including phenoxy) is 1. The van der Waals surface area contributed by atoms with Gasteiger partial charge in [-0.3, -0.25) is 0 Å². The van der Waals surface area contributed by atoms with Gasteiger partial charge in [-0.1, -0.05) is 11.6 Å². The van der Waals surface area contributed by atoms with E-state index in [0.717, 1.165) is 0 Å². The van der Waals surface area contributed by atoms with Crippen LogP contribution in [-0.4, -0.2) is 43.4 Å². The van der Waals surface area contributed by atoms with Gasteiger partial charge in [0.1, 0.15) is 10.9 Å². The lowest BCUT2D eigenvalue weighted by atomic mass is 10.2. The molecule has 1 aliphatic rings. The maximum absolute atomic E-state index is 12.4. The molecule has 1 heterocycles. The third-order valence-electron chi connectivity index (χ3n) is 3.08. The molecule has 1 aliphatic heterocycles. The van der Waals surface area contributed by atoms with Crippen molar-refractivity contribution in [1.82, 2.24) is 4.90 Å². The number of carbonyl (C=O) groups is 1. The molecule has 0 N–H and O–H groups in total. The van der Waals surface area contributed by atoms with Crippen LogP contribution in [0.25, 0.3) is 0 Å². The number of amides is 1. The van der Waals surface area contributed by atoms with Crippen LogP contribution in [0, 0.1) is 0 Å². The Bertz CT molecular complexity index is 628. The van der Waals surface area contributed by atoms with E-state index in [4.69, 9.17) is 16.3 Å². The first-order valence-electron chi connectivity index (χ1n) is 6.57. The molecule has 0 bridgehead atoms. The number of hydrogen-bond donors (Lipinski definition) is 0. The highest BCUT2D eigenvalue weighted by molar-refractivity contribution is 7.92. The van der Waals surface area contributed by atoms with E-state index in [1.54, 1.807) is 32.9 Å². The maximum Gasteiger partial charge on any atom is 0.410 e. The molecule has 0 spiro atoms. The van der Waals surface area contributed by atoms with Gasteiger partial charge in [0.15, 0.2) is 9.84 Å². The minimum Gasteiger partial charge on any atom is -0.444 e. The summed E-state index contributed by atoms with van der Waals surface area (Å²) in [4.78, 5) is 13.4. The topological polar surface area (TPSA) is 63.7 Å². The Balaban J connectivity index is 2.00. The summed E-state index contributed by atoms with van der Waals surface area (Å²) >= 11 is 5.75. The highest BCUT2D eigenvalue weighted by Crippen LogP contribution is 2.26. The van der Waals surface area contributed by atoms with E-state index in [9.17, 15) is 13.2 Å². The third-order valence-corrected chi connectivity index (χ3v) is 5.44. The monoisotopic (exact) mass is 331 g/mol. The van der Waals surface area contributed by atoms with Crippen molar-refractivity contribution in [1.29, 1.82) is 0 Å². The Labute approximate surface area is 129 Å². The number of hydrogen-bond acceptors (Lipinski definition) is 4. The minimum absolute atomic E-state index is 0.153. The van der Waals surface area contributed by atoms with Crippen LogP contribution in [0.15, 0.2) is 29.2 Å². The van der Waals surface area contributed by atoms with E-state index in [1.807, 2.05) is 0 Å². The molecular weight excluding hydrogens is 314 g/mol. The maximum atomic E-state index is 12.4. The first-order chi connectivity index (χ1) is 9.59. The van der Waals surface area contributed by atoms with Crippen LogP contribution in [0.1, 0.15) is 20.8 Å². The molecule has 1 aromatic rings. The minimum atomic E-state index is -3.44. The summed E-state index contributed by atoms with van der Waals surface area (Å²) in [6.07, 6.45) is -0.481. The summed E-state index contributed by atoms with van der Waals surface area (Å²) in [6.45, 7) is 5.62. The molecule has 0 aromatic heterocycles. The standard InChI is InChI=1S/C14H18ClNO4S/c1-14(2,3)20-13(17)16-8-12(9-16)21(18,19)11-6-4-10(15)5-7-11/h4-7,12H,8-9H2,1-3H3. The summed E-state index contributed by atoms with van der Waals surface area (Å²) < 4.78 is 29.9. The van der Waals surface area contributed by atoms with E-state index < -0.39 is 26.8 Å². The van der Waals surface area contributed by atoms with E-state index in [1.165, 1.54) is 17.0 Å². The lowest BCUT2D eigenvalue weighted by Gasteiger charge is -2.39. The van der Waals surface area contributed by atoms with Crippen molar-refractivity contribution in [3.63, 3.8) is 0 Å². The Kier molecular flexibility index (Phi) is 4.22. The van der Waals surface area contributed by atoms with Gasteiger partial charge in [0, 0.05) is 18.1 Å². The number of rotatable bonds is 2. The zero-order valence-corrected chi connectivity index (χ0v) is 13.7. The lowest BCUT2D eigenvalue weighted by Crippen LogP contribution is -2.57. The molecule has 0 saturated carbocycles. The van der Waals surface area contributed by atoms with E-state index in [2.05, 4.69) is 0 Å². The molecule has 116 valence electrons. The van der Waals surface area contributed by atoms with Gasteiger partial charge in [-0.05, 0) is 45.0 Å². The van der Waals surface area contributed by atoms with Gasteiger partial charge < -0.3 is 9.64 Å². The third kappa shape index (κ3) is 3.68. The van der Waals surface area contributed by atoms with Crippen LogP contribution in [-0.2, 0) is 14.6 Å². The van der Waals surface area contributed by atoms with Crippen molar-refractivity contribution in [3.8, 4) is 0 Å². The predicted octanol–water partition coefficient (Wildman–Crippen LogP) is 2.73. The van der Waals surface area contributed by atoms with Crippen molar-refractivity contribution in [3.05, 3.63) is 29.3 Å². The Morgan fingerprint density at radius 3 is 2.24 bits per heavy atom. The average Bonchev–Trinajstić information content (AvgIpc) is 2.24. The van der Waals surface area contributed by atoms with Crippen LogP contribution in [0.2, 0.25) is 5.02 Å². The summed E-state index contributed by atoms with van der Waals surface area (Å²) in [6, 6.07) is 6.04. The first-order valence-corrected chi connectivity index (χ1v) is 8.49. The Hall–Kier alpha value is -1.27. The molecule has 1 amide bonds. The van der Waals surface area contributed by atoms with Gasteiger partial charge in [-0.15, -0.1) is 0 Å². The zero-order valence-electron chi connectivity index (χ0n) is 12.2. The predicted molar refractivity (Wildman–Crippen MR) is 80.2 cm³/mol. The Morgan fingerprint density at radius 1 is 1.24 bits per heavy atom. The van der Waals surface area contributed by atoms with Gasteiger partial charge in [0.05, 0.1) is 4.90 Å². The molecule has 1 saturated heterocycles. The molecule has 7 heteroatoms. The number of carbonyl (C=O) groups excluding carboxylic acids is 1. The second-order valence-corrected chi connectivity index (χ2v) is 8.67. The smallest absolute Gasteiger partial charge is 0.410 e. The van der Waals surface area contributed by atoms with Gasteiger partial charge in [-0.25, -0.2) is 13.2 Å². The van der Waals surface area contributed by atoms with E-state index in [-0.39, 0.29) is 18.0 Å². The van der Waals surface area contributed by atoms with Gasteiger partial charge in [0.25, 0.3) is 0 Å². The summed E-state index contributed by atoms with van der Waals surface area (Å²) in [5.41, 5.74) is -0.586. The molecule has 0 aliphatic carbocycles. The summed E-state index contributed by atoms with van der Waals surface area (Å²) in [7, 11) is -3.44. The van der Waals surface area contributed by atoms with Crippen molar-refractivity contribution in [2.75, 3.05) is 13.1 Å². The van der Waals surface area contributed by atoms with Crippen LogP contribution >= 0.6 is 11.6 Å². The fourth-order valence-electron chi connectivity index (χ4n) is 1.93.